The van der Waals surface area contributed by atoms with Gasteiger partial charge in [-0.2, -0.15) is 0 Å². The van der Waals surface area contributed by atoms with Gasteiger partial charge in [0.1, 0.15) is 11.5 Å². The summed E-state index contributed by atoms with van der Waals surface area (Å²) in [6.45, 7) is 2.73. The molecular formula is C16H23NO4. The zero-order chi connectivity index (χ0) is 15.3. The summed E-state index contributed by atoms with van der Waals surface area (Å²) in [7, 11) is 3.27. The van der Waals surface area contributed by atoms with Crippen molar-refractivity contribution in [2.75, 3.05) is 47.2 Å². The van der Waals surface area contributed by atoms with Gasteiger partial charge < -0.3 is 24.7 Å². The molecule has 0 radical (unpaired) electrons. The Balaban J connectivity index is 2.46. The highest BCUT2D eigenvalue weighted by molar-refractivity contribution is 5.50. The van der Waals surface area contributed by atoms with Crippen LogP contribution in [0.3, 0.4) is 0 Å². The molecule has 0 saturated carbocycles. The summed E-state index contributed by atoms with van der Waals surface area (Å²) in [5.41, 5.74) is 6.18. The first-order chi connectivity index (χ1) is 10.3. The number of benzene rings is 1. The Morgan fingerprint density at radius 3 is 2.67 bits per heavy atom. The first-order valence-corrected chi connectivity index (χ1v) is 6.88. The quantitative estimate of drug-likeness (QED) is 0.551. The van der Waals surface area contributed by atoms with Crippen molar-refractivity contribution >= 4 is 0 Å². The fourth-order valence-corrected chi connectivity index (χ4v) is 1.59. The van der Waals surface area contributed by atoms with Gasteiger partial charge in [0.15, 0.2) is 0 Å². The van der Waals surface area contributed by atoms with Gasteiger partial charge in [0.25, 0.3) is 0 Å². The van der Waals surface area contributed by atoms with Crippen LogP contribution in [0.2, 0.25) is 0 Å². The molecule has 5 nitrogen and oxygen atoms in total. The maximum atomic E-state index is 5.73. The van der Waals surface area contributed by atoms with Crippen LogP contribution in [0.1, 0.15) is 12.0 Å². The van der Waals surface area contributed by atoms with Crippen molar-refractivity contribution in [3.63, 3.8) is 0 Å². The summed E-state index contributed by atoms with van der Waals surface area (Å²) in [4.78, 5) is 0. The van der Waals surface area contributed by atoms with E-state index in [4.69, 9.17) is 24.7 Å². The highest BCUT2D eigenvalue weighted by Gasteiger charge is 2.03. The van der Waals surface area contributed by atoms with Gasteiger partial charge in [-0.25, -0.2) is 0 Å². The van der Waals surface area contributed by atoms with Crippen LogP contribution in [0.25, 0.3) is 0 Å². The van der Waals surface area contributed by atoms with Crippen LogP contribution in [0.5, 0.6) is 11.5 Å². The van der Waals surface area contributed by atoms with Crippen LogP contribution >= 0.6 is 0 Å². The number of ether oxygens (including phenoxy) is 4. The Morgan fingerprint density at radius 2 is 1.95 bits per heavy atom. The molecule has 0 atom stereocenters. The lowest BCUT2D eigenvalue weighted by atomic mass is 10.2. The third-order valence-corrected chi connectivity index (χ3v) is 2.63. The first kappa shape index (κ1) is 17.3. The van der Waals surface area contributed by atoms with Gasteiger partial charge >= 0.3 is 0 Å². The van der Waals surface area contributed by atoms with Crippen LogP contribution in [0.15, 0.2) is 18.2 Å². The fourth-order valence-electron chi connectivity index (χ4n) is 1.59. The topological polar surface area (TPSA) is 62.9 Å². The van der Waals surface area contributed by atoms with Crippen molar-refractivity contribution in [2.45, 2.75) is 6.42 Å². The highest BCUT2D eigenvalue weighted by Crippen LogP contribution is 2.23. The molecule has 0 heterocycles. The fraction of sp³-hybridized carbons (Fsp3) is 0.500. The first-order valence-electron chi connectivity index (χ1n) is 6.88. The molecule has 0 aromatic heterocycles. The summed E-state index contributed by atoms with van der Waals surface area (Å²) in [6, 6.07) is 5.54. The van der Waals surface area contributed by atoms with E-state index in [0.717, 1.165) is 23.5 Å². The molecular weight excluding hydrogens is 270 g/mol. The van der Waals surface area contributed by atoms with Crippen molar-refractivity contribution in [3.8, 4) is 23.3 Å². The summed E-state index contributed by atoms with van der Waals surface area (Å²) < 4.78 is 21.2. The van der Waals surface area contributed by atoms with Gasteiger partial charge in [-0.3, -0.25) is 0 Å². The monoisotopic (exact) mass is 293 g/mol. The Bertz CT molecular complexity index is 465. The summed E-state index contributed by atoms with van der Waals surface area (Å²) in [5.74, 6) is 7.29. The van der Waals surface area contributed by atoms with Gasteiger partial charge in [-0.1, -0.05) is 11.8 Å². The van der Waals surface area contributed by atoms with E-state index in [2.05, 4.69) is 11.8 Å². The standard InChI is InChI=1S/C16H23NO4/c1-18-11-12-20-9-4-10-21-16-7-6-15(19-2)13-14(16)5-3-8-17/h6-7,13H,4,8-12,17H2,1-2H3. The molecule has 5 heteroatoms. The minimum Gasteiger partial charge on any atom is -0.497 e. The second-order valence-electron chi connectivity index (χ2n) is 4.18. The number of hydrogen-bond acceptors (Lipinski definition) is 5. The maximum Gasteiger partial charge on any atom is 0.135 e. The smallest absolute Gasteiger partial charge is 0.135 e. The lowest BCUT2D eigenvalue weighted by molar-refractivity contribution is 0.0644. The van der Waals surface area contributed by atoms with Crippen molar-refractivity contribution in [1.29, 1.82) is 0 Å². The Kier molecular flexibility index (Phi) is 9.05. The van der Waals surface area contributed by atoms with E-state index in [1.54, 1.807) is 14.2 Å². The largest absolute Gasteiger partial charge is 0.497 e. The average molecular weight is 293 g/mol. The number of methoxy groups -OCH3 is 2. The molecule has 0 aliphatic rings. The summed E-state index contributed by atoms with van der Waals surface area (Å²) in [6.07, 6.45) is 0.805. The van der Waals surface area contributed by atoms with Gasteiger partial charge in [-0.05, 0) is 18.2 Å². The van der Waals surface area contributed by atoms with Crippen LogP contribution in [-0.4, -0.2) is 47.2 Å². The lowest BCUT2D eigenvalue weighted by Gasteiger charge is -2.10. The molecule has 0 spiro atoms. The number of rotatable bonds is 9. The van der Waals surface area contributed by atoms with Crippen LogP contribution < -0.4 is 15.2 Å². The highest BCUT2D eigenvalue weighted by atomic mass is 16.5. The predicted octanol–water partition coefficient (Wildman–Crippen LogP) is 1.44. The maximum absolute atomic E-state index is 5.73. The third-order valence-electron chi connectivity index (χ3n) is 2.63. The molecule has 0 saturated heterocycles. The van der Waals surface area contributed by atoms with Gasteiger partial charge in [0, 0.05) is 20.1 Å². The summed E-state index contributed by atoms with van der Waals surface area (Å²) in [5, 5.41) is 0. The molecule has 0 unspecified atom stereocenters. The Hall–Kier alpha value is -1.74. The van der Waals surface area contributed by atoms with Gasteiger partial charge in [0.2, 0.25) is 0 Å². The molecule has 0 bridgehead atoms. The molecule has 1 aromatic carbocycles. The molecule has 0 aliphatic carbocycles. The Labute approximate surface area is 126 Å². The van der Waals surface area contributed by atoms with Crippen molar-refractivity contribution in [3.05, 3.63) is 23.8 Å². The molecule has 2 N–H and O–H groups in total. The predicted molar refractivity (Wildman–Crippen MR) is 81.7 cm³/mol. The molecule has 21 heavy (non-hydrogen) atoms. The van der Waals surface area contributed by atoms with E-state index >= 15 is 0 Å². The van der Waals surface area contributed by atoms with E-state index in [1.807, 2.05) is 18.2 Å². The van der Waals surface area contributed by atoms with E-state index in [0.29, 0.717) is 33.0 Å². The van der Waals surface area contributed by atoms with Crippen LogP contribution in [0.4, 0.5) is 0 Å². The van der Waals surface area contributed by atoms with Crippen molar-refractivity contribution < 1.29 is 18.9 Å². The normalized spacial score (nSPS) is 9.86. The van der Waals surface area contributed by atoms with E-state index in [9.17, 15) is 0 Å². The van der Waals surface area contributed by atoms with E-state index < -0.39 is 0 Å². The molecule has 116 valence electrons. The second kappa shape index (κ2) is 11.0. The number of nitrogens with two attached hydrogens (primary N) is 1. The third kappa shape index (κ3) is 7.00. The minimum atomic E-state index is 0.310. The number of hydrogen-bond donors (Lipinski definition) is 1. The van der Waals surface area contributed by atoms with Gasteiger partial charge in [-0.15, -0.1) is 0 Å². The molecule has 1 rings (SSSR count). The zero-order valence-corrected chi connectivity index (χ0v) is 12.7. The minimum absolute atomic E-state index is 0.310. The summed E-state index contributed by atoms with van der Waals surface area (Å²) >= 11 is 0. The molecule has 1 aromatic rings. The average Bonchev–Trinajstić information content (AvgIpc) is 2.52. The van der Waals surface area contributed by atoms with Gasteiger partial charge in [0.05, 0.1) is 39.0 Å². The second-order valence-corrected chi connectivity index (χ2v) is 4.18. The Morgan fingerprint density at radius 1 is 1.10 bits per heavy atom. The SMILES string of the molecule is COCCOCCCOc1ccc(OC)cc1C#CCN. The van der Waals surface area contributed by atoms with Crippen molar-refractivity contribution in [1.82, 2.24) is 0 Å². The molecule has 0 fully saturated rings. The van der Waals surface area contributed by atoms with E-state index in [1.165, 1.54) is 0 Å². The lowest BCUT2D eigenvalue weighted by Crippen LogP contribution is -2.07. The molecule has 0 amide bonds. The van der Waals surface area contributed by atoms with Crippen LogP contribution in [0, 0.1) is 11.8 Å². The van der Waals surface area contributed by atoms with Crippen LogP contribution in [-0.2, 0) is 9.47 Å². The molecule has 0 aliphatic heterocycles. The van der Waals surface area contributed by atoms with E-state index in [-0.39, 0.29) is 0 Å². The van der Waals surface area contributed by atoms with Crippen molar-refractivity contribution in [2.24, 2.45) is 5.73 Å². The zero-order valence-electron chi connectivity index (χ0n) is 12.7.